The highest BCUT2D eigenvalue weighted by Crippen LogP contribution is 2.20. The molecule has 0 rings (SSSR count). The summed E-state index contributed by atoms with van der Waals surface area (Å²) < 4.78 is 17.7. The van der Waals surface area contributed by atoms with Gasteiger partial charge in [-0.05, 0) is 12.8 Å². The third-order valence-corrected chi connectivity index (χ3v) is 9.38. The van der Waals surface area contributed by atoms with E-state index in [1.54, 1.807) is 14.2 Å². The summed E-state index contributed by atoms with van der Waals surface area (Å²) in [4.78, 5) is 0. The molecule has 3 nitrogen and oxygen atoms in total. The Morgan fingerprint density at radius 1 is 0.419 bits per heavy atom. The van der Waals surface area contributed by atoms with E-state index in [0.717, 1.165) is 19.1 Å². The second-order valence-corrected chi connectivity index (χ2v) is 12.4. The van der Waals surface area contributed by atoms with Crippen LogP contribution in [-0.2, 0) is 13.3 Å². The largest absolute Gasteiger partial charge is 0.500 e. The fourth-order valence-electron chi connectivity index (χ4n) is 4.30. The minimum atomic E-state index is -2.43. The Hall–Kier alpha value is 0.0969. The van der Waals surface area contributed by atoms with Gasteiger partial charge in [0.05, 0.1) is 0 Å². The zero-order chi connectivity index (χ0) is 22.9. The van der Waals surface area contributed by atoms with Crippen molar-refractivity contribution in [2.24, 2.45) is 0 Å². The smallest absolute Gasteiger partial charge is 0.377 e. The topological polar surface area (TPSA) is 27.7 Å². The Labute approximate surface area is 197 Å². The lowest BCUT2D eigenvalue weighted by Crippen LogP contribution is -2.44. The summed E-state index contributed by atoms with van der Waals surface area (Å²) in [5.74, 6) is 0. The van der Waals surface area contributed by atoms with Gasteiger partial charge in [0.2, 0.25) is 0 Å². The molecule has 0 aromatic rings. The summed E-state index contributed by atoms with van der Waals surface area (Å²) >= 11 is 0. The van der Waals surface area contributed by atoms with E-state index in [2.05, 4.69) is 13.8 Å². The van der Waals surface area contributed by atoms with E-state index in [1.807, 2.05) is 0 Å². The predicted molar refractivity (Wildman–Crippen MR) is 139 cm³/mol. The van der Waals surface area contributed by atoms with E-state index >= 15 is 0 Å². The fourth-order valence-corrected chi connectivity index (χ4v) is 6.39. The summed E-state index contributed by atoms with van der Waals surface area (Å²) in [6.07, 6.45) is 28.5. The molecule has 0 aliphatic carbocycles. The van der Waals surface area contributed by atoms with Gasteiger partial charge in [0, 0.05) is 26.9 Å². The van der Waals surface area contributed by atoms with Gasteiger partial charge in [0.25, 0.3) is 0 Å². The van der Waals surface area contributed by atoms with Crippen molar-refractivity contribution in [2.45, 2.75) is 155 Å². The van der Waals surface area contributed by atoms with Gasteiger partial charge in [0.15, 0.2) is 0 Å². The summed E-state index contributed by atoms with van der Waals surface area (Å²) in [5.41, 5.74) is 0. The Morgan fingerprint density at radius 3 is 1.10 bits per heavy atom. The minimum Gasteiger partial charge on any atom is -0.377 e. The molecule has 0 saturated heterocycles. The lowest BCUT2D eigenvalue weighted by atomic mass is 10.1. The molecule has 0 unspecified atom stereocenters. The normalized spacial score (nSPS) is 12.0. The SMILES string of the molecule is CCCCCCCCCCCCCO[Si](CCCCCCCCCCCC)(OC)OC. The van der Waals surface area contributed by atoms with Crippen molar-refractivity contribution in [2.75, 3.05) is 20.8 Å². The molecule has 0 aliphatic heterocycles. The van der Waals surface area contributed by atoms with Crippen molar-refractivity contribution in [1.29, 1.82) is 0 Å². The zero-order valence-corrected chi connectivity index (χ0v) is 23.0. The number of unbranched alkanes of at least 4 members (excludes halogenated alkanes) is 19. The molecule has 0 N–H and O–H groups in total. The first kappa shape index (κ1) is 31.1. The van der Waals surface area contributed by atoms with Crippen LogP contribution in [0.2, 0.25) is 6.04 Å². The monoisotopic (exact) mass is 458 g/mol. The maximum Gasteiger partial charge on any atom is 0.500 e. The molecule has 0 aromatic carbocycles. The standard InChI is InChI=1S/C27H58O3Si/c1-5-7-9-11-13-15-17-18-20-22-24-26-30-31(28-3,29-4)27-25-23-21-19-16-14-12-10-8-6-2/h5-27H2,1-4H3. The summed E-state index contributed by atoms with van der Waals surface area (Å²) in [7, 11) is 1.11. The van der Waals surface area contributed by atoms with E-state index < -0.39 is 8.80 Å². The first-order chi connectivity index (χ1) is 15.2. The highest BCUT2D eigenvalue weighted by molar-refractivity contribution is 6.60. The van der Waals surface area contributed by atoms with Gasteiger partial charge in [-0.1, -0.05) is 136 Å². The maximum atomic E-state index is 6.19. The van der Waals surface area contributed by atoms with Crippen LogP contribution < -0.4 is 0 Å². The molecular formula is C27H58O3Si. The van der Waals surface area contributed by atoms with E-state index in [4.69, 9.17) is 13.3 Å². The molecule has 0 atom stereocenters. The van der Waals surface area contributed by atoms with E-state index in [-0.39, 0.29) is 0 Å². The van der Waals surface area contributed by atoms with Crippen LogP contribution in [0.15, 0.2) is 0 Å². The van der Waals surface area contributed by atoms with Crippen LogP contribution in [0, 0.1) is 0 Å². The van der Waals surface area contributed by atoms with E-state index in [1.165, 1.54) is 128 Å². The van der Waals surface area contributed by atoms with Crippen molar-refractivity contribution >= 4 is 8.80 Å². The van der Waals surface area contributed by atoms with E-state index in [9.17, 15) is 0 Å². The van der Waals surface area contributed by atoms with Gasteiger partial charge >= 0.3 is 8.80 Å². The first-order valence-corrected chi connectivity index (χ1v) is 15.9. The minimum absolute atomic E-state index is 0.794. The highest BCUT2D eigenvalue weighted by Gasteiger charge is 2.37. The van der Waals surface area contributed by atoms with Crippen molar-refractivity contribution in [3.8, 4) is 0 Å². The molecule has 188 valence electrons. The van der Waals surface area contributed by atoms with Gasteiger partial charge in [-0.25, -0.2) is 0 Å². The molecule has 0 bridgehead atoms. The molecule has 0 amide bonds. The lowest BCUT2D eigenvalue weighted by Gasteiger charge is -2.26. The molecule has 31 heavy (non-hydrogen) atoms. The zero-order valence-electron chi connectivity index (χ0n) is 22.0. The second-order valence-electron chi connectivity index (χ2n) is 9.41. The molecule has 0 spiro atoms. The van der Waals surface area contributed by atoms with Crippen LogP contribution in [-0.4, -0.2) is 29.6 Å². The fraction of sp³-hybridized carbons (Fsp3) is 1.00. The van der Waals surface area contributed by atoms with E-state index in [0.29, 0.717) is 0 Å². The van der Waals surface area contributed by atoms with Crippen LogP contribution in [0.1, 0.15) is 149 Å². The van der Waals surface area contributed by atoms with Crippen molar-refractivity contribution < 1.29 is 13.3 Å². The summed E-state index contributed by atoms with van der Waals surface area (Å²) in [6.45, 7) is 5.36. The Kier molecular flexibility index (Phi) is 24.8. The Morgan fingerprint density at radius 2 is 0.742 bits per heavy atom. The second kappa shape index (κ2) is 24.7. The highest BCUT2D eigenvalue weighted by atomic mass is 28.4. The van der Waals surface area contributed by atoms with Crippen molar-refractivity contribution in [1.82, 2.24) is 0 Å². The quantitative estimate of drug-likeness (QED) is 0.0953. The summed E-state index contributed by atoms with van der Waals surface area (Å²) in [5, 5.41) is 0. The van der Waals surface area contributed by atoms with Crippen LogP contribution in [0.5, 0.6) is 0 Å². The van der Waals surface area contributed by atoms with Crippen molar-refractivity contribution in [3.63, 3.8) is 0 Å². The van der Waals surface area contributed by atoms with Gasteiger partial charge < -0.3 is 13.3 Å². The lowest BCUT2D eigenvalue weighted by molar-refractivity contribution is 0.0955. The maximum absolute atomic E-state index is 6.19. The van der Waals surface area contributed by atoms with Crippen LogP contribution in [0.4, 0.5) is 0 Å². The molecule has 0 heterocycles. The molecule has 4 heteroatoms. The van der Waals surface area contributed by atoms with Gasteiger partial charge in [-0.2, -0.15) is 0 Å². The number of rotatable bonds is 26. The molecular weight excluding hydrogens is 400 g/mol. The van der Waals surface area contributed by atoms with Crippen LogP contribution in [0.3, 0.4) is 0 Å². The average Bonchev–Trinajstić information content (AvgIpc) is 2.79. The molecule has 0 aliphatic rings. The third-order valence-electron chi connectivity index (χ3n) is 6.53. The molecule has 0 saturated carbocycles. The van der Waals surface area contributed by atoms with Crippen molar-refractivity contribution in [3.05, 3.63) is 0 Å². The Bertz CT molecular complexity index is 334. The summed E-state index contributed by atoms with van der Waals surface area (Å²) in [6, 6.07) is 0.967. The predicted octanol–water partition coefficient (Wildman–Crippen LogP) is 9.47. The number of hydrogen-bond donors (Lipinski definition) is 0. The first-order valence-electron chi connectivity index (χ1n) is 14.0. The molecule has 0 aromatic heterocycles. The molecule has 0 fully saturated rings. The third kappa shape index (κ3) is 20.4. The van der Waals surface area contributed by atoms with Gasteiger partial charge in [-0.15, -0.1) is 0 Å². The van der Waals surface area contributed by atoms with Crippen LogP contribution in [0.25, 0.3) is 0 Å². The number of hydrogen-bond acceptors (Lipinski definition) is 3. The molecule has 0 radical (unpaired) electrons. The van der Waals surface area contributed by atoms with Gasteiger partial charge in [0.1, 0.15) is 0 Å². The average molecular weight is 459 g/mol. The Balaban J connectivity index is 3.60. The van der Waals surface area contributed by atoms with Gasteiger partial charge in [-0.3, -0.25) is 0 Å². The van der Waals surface area contributed by atoms with Crippen LogP contribution >= 0.6 is 0 Å².